The number of benzene rings is 1. The first-order chi connectivity index (χ1) is 13.2. The van der Waals surface area contributed by atoms with Gasteiger partial charge in [0.1, 0.15) is 5.69 Å². The van der Waals surface area contributed by atoms with E-state index in [-0.39, 0.29) is 11.9 Å². The fourth-order valence-corrected chi connectivity index (χ4v) is 4.18. The minimum Gasteiger partial charge on any atom is -0.332 e. The van der Waals surface area contributed by atoms with Gasteiger partial charge < -0.3 is 10.2 Å². The Morgan fingerprint density at radius 3 is 2.81 bits per heavy atom. The summed E-state index contributed by atoms with van der Waals surface area (Å²) < 4.78 is 1.97. The topological polar surface area (TPSA) is 53.4 Å². The molecule has 0 aliphatic carbocycles. The number of amides is 1. The molecule has 2 aliphatic heterocycles. The summed E-state index contributed by atoms with van der Waals surface area (Å²) >= 11 is 0. The van der Waals surface area contributed by atoms with Gasteiger partial charge in [-0.2, -0.15) is 5.10 Å². The van der Waals surface area contributed by atoms with E-state index in [0.29, 0.717) is 11.7 Å². The lowest BCUT2D eigenvalue weighted by molar-refractivity contribution is 0.0469. The molecule has 2 atom stereocenters. The third kappa shape index (κ3) is 4.22. The molecule has 144 valence electrons. The van der Waals surface area contributed by atoms with Crippen molar-refractivity contribution in [1.29, 1.82) is 0 Å². The summed E-state index contributed by atoms with van der Waals surface area (Å²) in [5.74, 6) is 0.0596. The zero-order chi connectivity index (χ0) is 18.6. The van der Waals surface area contributed by atoms with E-state index in [1.54, 1.807) is 0 Å². The first-order valence-electron chi connectivity index (χ1n) is 10.0. The molecule has 0 bridgehead atoms. The Morgan fingerprint density at radius 2 is 2.07 bits per heavy atom. The van der Waals surface area contributed by atoms with Crippen LogP contribution in [0.15, 0.2) is 42.6 Å². The van der Waals surface area contributed by atoms with Gasteiger partial charge in [0.2, 0.25) is 0 Å². The quantitative estimate of drug-likeness (QED) is 0.900. The standard InChI is InChI=1S/C21H29N5O/c1-17-15-24(16-18-6-3-2-4-7-18)12-13-25(17)21(27)20-9-11-26(23-20)19-8-5-10-22-14-19/h2-4,6-7,9,11,17,19,22H,5,8,10,12-16H2,1H3/t17-,19?/m1/s1. The highest BCUT2D eigenvalue weighted by Crippen LogP contribution is 2.18. The van der Waals surface area contributed by atoms with E-state index in [9.17, 15) is 4.79 Å². The van der Waals surface area contributed by atoms with Crippen molar-refractivity contribution in [1.82, 2.24) is 24.9 Å². The number of hydrogen-bond donors (Lipinski definition) is 1. The van der Waals surface area contributed by atoms with E-state index in [1.165, 1.54) is 5.56 Å². The van der Waals surface area contributed by atoms with Crippen LogP contribution in [-0.4, -0.2) is 64.3 Å². The normalized spacial score (nSPS) is 24.1. The Morgan fingerprint density at radius 1 is 1.22 bits per heavy atom. The lowest BCUT2D eigenvalue weighted by Crippen LogP contribution is -2.53. The van der Waals surface area contributed by atoms with Crippen LogP contribution in [0.5, 0.6) is 0 Å². The molecule has 1 unspecified atom stereocenters. The molecule has 4 rings (SSSR count). The number of hydrogen-bond acceptors (Lipinski definition) is 4. The smallest absolute Gasteiger partial charge is 0.274 e. The zero-order valence-electron chi connectivity index (χ0n) is 16.1. The highest BCUT2D eigenvalue weighted by Gasteiger charge is 2.29. The van der Waals surface area contributed by atoms with E-state index in [2.05, 4.69) is 46.5 Å². The van der Waals surface area contributed by atoms with E-state index in [1.807, 2.05) is 27.9 Å². The van der Waals surface area contributed by atoms with Gasteiger partial charge in [0.15, 0.2) is 0 Å². The largest absolute Gasteiger partial charge is 0.332 e. The summed E-state index contributed by atoms with van der Waals surface area (Å²) in [5.41, 5.74) is 1.90. The zero-order valence-corrected chi connectivity index (χ0v) is 16.1. The molecule has 2 aliphatic rings. The predicted molar refractivity (Wildman–Crippen MR) is 106 cm³/mol. The van der Waals surface area contributed by atoms with Crippen LogP contribution in [0.2, 0.25) is 0 Å². The summed E-state index contributed by atoms with van der Waals surface area (Å²) in [6.45, 7) is 7.64. The molecule has 2 fully saturated rings. The monoisotopic (exact) mass is 367 g/mol. The maximum Gasteiger partial charge on any atom is 0.274 e. The van der Waals surface area contributed by atoms with E-state index in [0.717, 1.165) is 52.1 Å². The second-order valence-corrected chi connectivity index (χ2v) is 7.75. The molecular weight excluding hydrogens is 338 g/mol. The summed E-state index contributed by atoms with van der Waals surface area (Å²) in [5, 5.41) is 8.01. The van der Waals surface area contributed by atoms with Crippen LogP contribution in [-0.2, 0) is 6.54 Å². The van der Waals surface area contributed by atoms with Gasteiger partial charge in [-0.05, 0) is 37.9 Å². The Kier molecular flexibility index (Phi) is 5.55. The third-order valence-electron chi connectivity index (χ3n) is 5.69. The Hall–Kier alpha value is -2.18. The highest BCUT2D eigenvalue weighted by molar-refractivity contribution is 5.92. The molecule has 0 radical (unpaired) electrons. The number of piperidine rings is 1. The molecule has 2 aromatic rings. The van der Waals surface area contributed by atoms with Gasteiger partial charge in [0.25, 0.3) is 5.91 Å². The van der Waals surface area contributed by atoms with Gasteiger partial charge in [-0.3, -0.25) is 14.4 Å². The first kappa shape index (κ1) is 18.2. The van der Waals surface area contributed by atoms with Crippen molar-refractivity contribution in [3.8, 4) is 0 Å². The SMILES string of the molecule is C[C@@H]1CN(Cc2ccccc2)CCN1C(=O)c1ccn(C2CCCNC2)n1. The van der Waals surface area contributed by atoms with Crippen molar-refractivity contribution in [2.75, 3.05) is 32.7 Å². The van der Waals surface area contributed by atoms with Crippen molar-refractivity contribution in [2.24, 2.45) is 0 Å². The molecule has 6 nitrogen and oxygen atoms in total. The van der Waals surface area contributed by atoms with E-state index in [4.69, 9.17) is 0 Å². The lowest BCUT2D eigenvalue weighted by atomic mass is 10.1. The Balaban J connectivity index is 1.36. The fraction of sp³-hybridized carbons (Fsp3) is 0.524. The van der Waals surface area contributed by atoms with Gasteiger partial charge in [-0.25, -0.2) is 0 Å². The van der Waals surface area contributed by atoms with Crippen LogP contribution in [0.3, 0.4) is 0 Å². The number of aromatic nitrogens is 2. The molecule has 27 heavy (non-hydrogen) atoms. The fourth-order valence-electron chi connectivity index (χ4n) is 4.18. The minimum absolute atomic E-state index is 0.0596. The molecule has 2 saturated heterocycles. The van der Waals surface area contributed by atoms with Crippen LogP contribution in [0.4, 0.5) is 0 Å². The predicted octanol–water partition coefficient (Wildman–Crippen LogP) is 2.15. The molecule has 1 aromatic carbocycles. The van der Waals surface area contributed by atoms with Crippen LogP contribution in [0.1, 0.15) is 41.9 Å². The summed E-state index contributed by atoms with van der Waals surface area (Å²) in [6.07, 6.45) is 4.24. The average molecular weight is 367 g/mol. The van der Waals surface area contributed by atoms with Gasteiger partial charge in [0.05, 0.1) is 6.04 Å². The number of piperazine rings is 1. The van der Waals surface area contributed by atoms with Crippen LogP contribution in [0, 0.1) is 0 Å². The van der Waals surface area contributed by atoms with Crippen LogP contribution < -0.4 is 5.32 Å². The lowest BCUT2D eigenvalue weighted by Gasteiger charge is -2.39. The Bertz CT molecular complexity index is 753. The van der Waals surface area contributed by atoms with Crippen molar-refractivity contribution in [3.63, 3.8) is 0 Å². The maximum absolute atomic E-state index is 13.0. The first-order valence-corrected chi connectivity index (χ1v) is 10.0. The van der Waals surface area contributed by atoms with Gasteiger partial charge >= 0.3 is 0 Å². The molecule has 1 aromatic heterocycles. The summed E-state index contributed by atoms with van der Waals surface area (Å²) in [7, 11) is 0. The number of rotatable bonds is 4. The second kappa shape index (κ2) is 8.23. The average Bonchev–Trinajstić information content (AvgIpc) is 3.19. The Labute approximate surface area is 161 Å². The van der Waals surface area contributed by atoms with Gasteiger partial charge in [0, 0.05) is 45.0 Å². The molecule has 0 spiro atoms. The van der Waals surface area contributed by atoms with E-state index < -0.39 is 0 Å². The van der Waals surface area contributed by atoms with Crippen molar-refractivity contribution in [3.05, 3.63) is 53.9 Å². The van der Waals surface area contributed by atoms with Crippen molar-refractivity contribution in [2.45, 2.75) is 38.4 Å². The number of nitrogens with zero attached hydrogens (tertiary/aromatic N) is 4. The van der Waals surface area contributed by atoms with Crippen molar-refractivity contribution >= 4 is 5.91 Å². The second-order valence-electron chi connectivity index (χ2n) is 7.75. The molecular formula is C21H29N5O. The van der Waals surface area contributed by atoms with E-state index >= 15 is 0 Å². The van der Waals surface area contributed by atoms with Crippen molar-refractivity contribution < 1.29 is 4.79 Å². The highest BCUT2D eigenvalue weighted by atomic mass is 16.2. The molecule has 3 heterocycles. The minimum atomic E-state index is 0.0596. The molecule has 1 N–H and O–H groups in total. The summed E-state index contributed by atoms with van der Waals surface area (Å²) in [6, 6.07) is 13.0. The molecule has 1 amide bonds. The van der Waals surface area contributed by atoms with Crippen LogP contribution in [0.25, 0.3) is 0 Å². The van der Waals surface area contributed by atoms with Crippen LogP contribution >= 0.6 is 0 Å². The van der Waals surface area contributed by atoms with Gasteiger partial charge in [-0.1, -0.05) is 30.3 Å². The number of carbonyl (C=O) groups excluding carboxylic acids is 1. The third-order valence-corrected chi connectivity index (χ3v) is 5.69. The van der Waals surface area contributed by atoms with Gasteiger partial charge in [-0.15, -0.1) is 0 Å². The summed E-state index contributed by atoms with van der Waals surface area (Å²) in [4.78, 5) is 17.4. The molecule has 0 saturated carbocycles. The maximum atomic E-state index is 13.0. The molecule has 6 heteroatoms. The number of carbonyl (C=O) groups is 1. The number of nitrogens with one attached hydrogen (secondary N) is 1.